The van der Waals surface area contributed by atoms with E-state index in [1.54, 1.807) is 23.0 Å². The molecule has 0 radical (unpaired) electrons. The molecule has 1 saturated carbocycles. The Morgan fingerprint density at radius 1 is 1.04 bits per heavy atom. The number of halogens is 2. The first kappa shape index (κ1) is 17.5. The number of aromatic nitrogens is 4. The van der Waals surface area contributed by atoms with Crippen LogP contribution >= 0.6 is 23.2 Å². The number of rotatable bonds is 4. The van der Waals surface area contributed by atoms with E-state index in [1.165, 1.54) is 4.68 Å². The molecule has 0 atom stereocenters. The van der Waals surface area contributed by atoms with E-state index in [2.05, 4.69) is 5.10 Å². The van der Waals surface area contributed by atoms with Gasteiger partial charge in [0.25, 0.3) is 5.56 Å². The summed E-state index contributed by atoms with van der Waals surface area (Å²) in [5.74, 6) is 0.386. The molecule has 0 saturated heterocycles. The average molecular weight is 411 g/mol. The maximum Gasteiger partial charge on any atom is 0.293 e. The summed E-state index contributed by atoms with van der Waals surface area (Å²) in [6.07, 6.45) is 3.93. The Labute approximate surface area is 171 Å². The molecule has 0 aliphatic heterocycles. The molecular weight excluding hydrogens is 395 g/mol. The van der Waals surface area contributed by atoms with Crippen molar-refractivity contribution in [3.05, 3.63) is 86.4 Å². The fourth-order valence-electron chi connectivity index (χ4n) is 3.43. The van der Waals surface area contributed by atoms with Crippen LogP contribution in [0.25, 0.3) is 16.6 Å². The van der Waals surface area contributed by atoms with Crippen molar-refractivity contribution in [3.8, 4) is 5.69 Å². The Hall–Kier alpha value is -2.63. The van der Waals surface area contributed by atoms with Crippen LogP contribution in [0.2, 0.25) is 10.0 Å². The van der Waals surface area contributed by atoms with Gasteiger partial charge in [0.1, 0.15) is 5.52 Å². The standard InChI is InChI=1S/C21H16Cl2N4O/c22-17-9-6-13(10-18(17)23)12-26-21(28)20-16(19(25-26)14-7-8-14)11-24-27(20)15-4-2-1-3-5-15/h1-6,9-11,14H,7-8,12H2. The van der Waals surface area contributed by atoms with Crippen molar-refractivity contribution in [2.75, 3.05) is 0 Å². The summed E-state index contributed by atoms with van der Waals surface area (Å²) in [5, 5.41) is 11.0. The Kier molecular flexibility index (Phi) is 4.22. The lowest BCUT2D eigenvalue weighted by atomic mass is 10.2. The first-order valence-electron chi connectivity index (χ1n) is 9.10. The van der Waals surface area contributed by atoms with E-state index < -0.39 is 0 Å². The van der Waals surface area contributed by atoms with Gasteiger partial charge in [-0.2, -0.15) is 10.2 Å². The van der Waals surface area contributed by atoms with Crippen LogP contribution in [-0.4, -0.2) is 19.6 Å². The van der Waals surface area contributed by atoms with Gasteiger partial charge in [0.2, 0.25) is 0 Å². The summed E-state index contributed by atoms with van der Waals surface area (Å²) < 4.78 is 3.22. The lowest BCUT2D eigenvalue weighted by Crippen LogP contribution is -2.26. The molecule has 5 nitrogen and oxygen atoms in total. The zero-order valence-corrected chi connectivity index (χ0v) is 16.4. The molecule has 1 aliphatic carbocycles. The SMILES string of the molecule is O=c1c2c(cnn2-c2ccccc2)c(C2CC2)nn1Cc1ccc(Cl)c(Cl)c1. The van der Waals surface area contributed by atoms with Crippen LogP contribution in [-0.2, 0) is 6.54 Å². The highest BCUT2D eigenvalue weighted by Crippen LogP contribution is 2.41. The first-order chi connectivity index (χ1) is 13.6. The fraction of sp³-hybridized carbons (Fsp3) is 0.190. The van der Waals surface area contributed by atoms with Gasteiger partial charge in [-0.15, -0.1) is 0 Å². The van der Waals surface area contributed by atoms with Crippen molar-refractivity contribution in [1.82, 2.24) is 19.6 Å². The minimum atomic E-state index is -0.174. The number of para-hydroxylation sites is 1. The van der Waals surface area contributed by atoms with Gasteiger partial charge in [0.05, 0.1) is 34.2 Å². The van der Waals surface area contributed by atoms with Gasteiger partial charge in [-0.3, -0.25) is 4.79 Å². The molecule has 0 N–H and O–H groups in total. The van der Waals surface area contributed by atoms with Gasteiger partial charge in [-0.1, -0.05) is 47.5 Å². The second-order valence-corrected chi connectivity index (χ2v) is 7.84. The smallest absolute Gasteiger partial charge is 0.265 e. The number of fused-ring (bicyclic) bond motifs is 1. The molecule has 2 aromatic carbocycles. The molecule has 0 spiro atoms. The van der Waals surface area contributed by atoms with Crippen LogP contribution < -0.4 is 5.56 Å². The Morgan fingerprint density at radius 2 is 1.82 bits per heavy atom. The molecule has 140 valence electrons. The molecule has 28 heavy (non-hydrogen) atoms. The molecule has 2 aromatic heterocycles. The van der Waals surface area contributed by atoms with Gasteiger partial charge in [0, 0.05) is 11.3 Å². The monoisotopic (exact) mass is 410 g/mol. The maximum absolute atomic E-state index is 13.3. The molecule has 2 heterocycles. The van der Waals surface area contributed by atoms with Crippen molar-refractivity contribution in [1.29, 1.82) is 0 Å². The third kappa shape index (κ3) is 3.01. The van der Waals surface area contributed by atoms with E-state index in [0.717, 1.165) is 35.2 Å². The fourth-order valence-corrected chi connectivity index (χ4v) is 3.76. The number of hydrogen-bond acceptors (Lipinski definition) is 3. The van der Waals surface area contributed by atoms with Crippen LogP contribution in [0.5, 0.6) is 0 Å². The summed E-state index contributed by atoms with van der Waals surface area (Å²) in [5.41, 5.74) is 3.05. The van der Waals surface area contributed by atoms with Gasteiger partial charge in [-0.05, 0) is 42.7 Å². The number of hydrogen-bond donors (Lipinski definition) is 0. The van der Waals surface area contributed by atoms with Gasteiger partial charge < -0.3 is 0 Å². The van der Waals surface area contributed by atoms with Crippen molar-refractivity contribution in [2.24, 2.45) is 0 Å². The largest absolute Gasteiger partial charge is 0.293 e. The van der Waals surface area contributed by atoms with Crippen molar-refractivity contribution in [3.63, 3.8) is 0 Å². The first-order valence-corrected chi connectivity index (χ1v) is 9.85. The lowest BCUT2D eigenvalue weighted by molar-refractivity contribution is 0.626. The summed E-state index contributed by atoms with van der Waals surface area (Å²) in [7, 11) is 0. The van der Waals surface area contributed by atoms with E-state index in [1.807, 2.05) is 36.4 Å². The van der Waals surface area contributed by atoms with E-state index in [-0.39, 0.29) is 5.56 Å². The van der Waals surface area contributed by atoms with Crippen molar-refractivity contribution >= 4 is 34.1 Å². The summed E-state index contributed by atoms with van der Waals surface area (Å²) in [4.78, 5) is 13.3. The molecule has 0 amide bonds. The minimum Gasteiger partial charge on any atom is -0.265 e. The summed E-state index contributed by atoms with van der Waals surface area (Å²) in [6.45, 7) is 0.325. The van der Waals surface area contributed by atoms with E-state index in [0.29, 0.717) is 28.0 Å². The van der Waals surface area contributed by atoms with Gasteiger partial charge in [-0.25, -0.2) is 9.36 Å². The highest BCUT2D eigenvalue weighted by molar-refractivity contribution is 6.42. The second kappa shape index (κ2) is 6.76. The molecule has 7 heteroatoms. The summed E-state index contributed by atoms with van der Waals surface area (Å²) in [6, 6.07) is 15.0. The quantitative estimate of drug-likeness (QED) is 0.484. The van der Waals surface area contributed by atoms with E-state index >= 15 is 0 Å². The van der Waals surface area contributed by atoms with E-state index in [9.17, 15) is 4.79 Å². The highest BCUT2D eigenvalue weighted by Gasteiger charge is 2.30. The van der Waals surface area contributed by atoms with Gasteiger partial charge >= 0.3 is 0 Å². The minimum absolute atomic E-state index is 0.174. The molecule has 1 aliphatic rings. The van der Waals surface area contributed by atoms with Crippen LogP contribution in [0.3, 0.4) is 0 Å². The topological polar surface area (TPSA) is 52.7 Å². The Bertz CT molecular complexity index is 1240. The number of nitrogens with zero attached hydrogens (tertiary/aromatic N) is 4. The van der Waals surface area contributed by atoms with Crippen LogP contribution in [0, 0.1) is 0 Å². The molecule has 5 rings (SSSR count). The van der Waals surface area contributed by atoms with Crippen LogP contribution in [0.15, 0.2) is 59.5 Å². The average Bonchev–Trinajstić information content (AvgIpc) is 3.45. The highest BCUT2D eigenvalue weighted by atomic mass is 35.5. The van der Waals surface area contributed by atoms with E-state index in [4.69, 9.17) is 28.3 Å². The second-order valence-electron chi connectivity index (χ2n) is 7.02. The third-order valence-corrected chi connectivity index (χ3v) is 5.73. The molecule has 4 aromatic rings. The normalized spacial score (nSPS) is 13.9. The van der Waals surface area contributed by atoms with Crippen molar-refractivity contribution in [2.45, 2.75) is 25.3 Å². The molecule has 1 fully saturated rings. The van der Waals surface area contributed by atoms with Crippen LogP contribution in [0.1, 0.15) is 30.0 Å². The van der Waals surface area contributed by atoms with Crippen molar-refractivity contribution < 1.29 is 0 Å². The molecule has 0 unspecified atom stereocenters. The predicted octanol–water partition coefficient (Wildman–Crippen LogP) is 4.81. The third-order valence-electron chi connectivity index (χ3n) is 4.99. The molecule has 0 bridgehead atoms. The van der Waals surface area contributed by atoms with Crippen LogP contribution in [0.4, 0.5) is 0 Å². The lowest BCUT2D eigenvalue weighted by Gasteiger charge is -2.10. The van der Waals surface area contributed by atoms with Gasteiger partial charge in [0.15, 0.2) is 0 Å². The number of benzene rings is 2. The summed E-state index contributed by atoms with van der Waals surface area (Å²) >= 11 is 12.2. The predicted molar refractivity (Wildman–Crippen MR) is 111 cm³/mol. The Balaban J connectivity index is 1.70. The zero-order valence-electron chi connectivity index (χ0n) is 14.8. The zero-order chi connectivity index (χ0) is 19.3. The Morgan fingerprint density at radius 3 is 2.54 bits per heavy atom. The maximum atomic E-state index is 13.3. The molecular formula is C21H16Cl2N4O.